The number of rotatable bonds is 7. The minimum absolute atomic E-state index is 0.0770. The molecule has 0 radical (unpaired) electrons. The average Bonchev–Trinajstić information content (AvgIpc) is 3.44. The number of carbonyl (C=O) groups excluding carboxylic acids is 2. The summed E-state index contributed by atoms with van der Waals surface area (Å²) in [4.78, 5) is 37.4. The van der Waals surface area contributed by atoms with Crippen molar-refractivity contribution in [1.82, 2.24) is 9.97 Å². The summed E-state index contributed by atoms with van der Waals surface area (Å²) in [6, 6.07) is 17.1. The number of aliphatic hydroxyl groups excluding tert-OH is 1. The highest BCUT2D eigenvalue weighted by Gasteiger charge is 2.48. The summed E-state index contributed by atoms with van der Waals surface area (Å²) in [6.45, 7) is 2.48. The molecule has 38 heavy (non-hydrogen) atoms. The van der Waals surface area contributed by atoms with Crippen molar-refractivity contribution in [3.8, 4) is 5.75 Å². The van der Waals surface area contributed by atoms with Gasteiger partial charge >= 0.3 is 5.91 Å². The molecule has 1 saturated heterocycles. The molecule has 4 aromatic rings. The standard InChI is InChI=1S/C29H27FN4O4/c1-4-14-38-21-7-5-6-18(15-21)26(35)24-25(17-8-11-20(12-9-17)33(2)3)34(28(37)27(24)36)29-31-22-13-10-19(30)16-23(22)32-29/h5-13,15-16,25,35H,4,14H2,1-3H3,(H,31,32)/b26-24+. The van der Waals surface area contributed by atoms with Gasteiger partial charge in [0.05, 0.1) is 29.3 Å². The summed E-state index contributed by atoms with van der Waals surface area (Å²) in [6.07, 6.45) is 0.811. The maximum absolute atomic E-state index is 13.8. The van der Waals surface area contributed by atoms with Gasteiger partial charge in [-0.1, -0.05) is 31.2 Å². The number of hydrogen-bond acceptors (Lipinski definition) is 6. The zero-order valence-electron chi connectivity index (χ0n) is 21.2. The van der Waals surface area contributed by atoms with Crippen molar-refractivity contribution in [3.05, 3.63) is 89.2 Å². The molecule has 1 aromatic heterocycles. The third-order valence-electron chi connectivity index (χ3n) is 6.41. The molecule has 1 aliphatic rings. The highest BCUT2D eigenvalue weighted by Crippen LogP contribution is 2.42. The molecule has 1 fully saturated rings. The number of aromatic nitrogens is 2. The number of aliphatic hydroxyl groups is 1. The Morgan fingerprint density at radius 1 is 1.11 bits per heavy atom. The van der Waals surface area contributed by atoms with E-state index in [0.717, 1.165) is 12.1 Å². The van der Waals surface area contributed by atoms with Crippen LogP contribution >= 0.6 is 0 Å². The largest absolute Gasteiger partial charge is 0.507 e. The zero-order chi connectivity index (χ0) is 27.0. The van der Waals surface area contributed by atoms with Gasteiger partial charge in [-0.3, -0.25) is 14.5 Å². The van der Waals surface area contributed by atoms with Gasteiger partial charge in [0.15, 0.2) is 0 Å². The van der Waals surface area contributed by atoms with E-state index in [1.807, 2.05) is 38.1 Å². The molecule has 5 rings (SSSR count). The molecule has 2 N–H and O–H groups in total. The normalized spacial score (nSPS) is 16.8. The monoisotopic (exact) mass is 514 g/mol. The predicted molar refractivity (Wildman–Crippen MR) is 144 cm³/mol. The number of anilines is 2. The number of Topliss-reactive ketones (excluding diaryl/α,β-unsaturated/α-hetero) is 1. The van der Waals surface area contributed by atoms with Crippen LogP contribution in [0.2, 0.25) is 0 Å². The van der Waals surface area contributed by atoms with Crippen LogP contribution in [0.4, 0.5) is 16.0 Å². The number of aromatic amines is 1. The van der Waals surface area contributed by atoms with Crippen LogP contribution in [0.1, 0.15) is 30.5 Å². The Balaban J connectivity index is 1.68. The highest BCUT2D eigenvalue weighted by atomic mass is 19.1. The average molecular weight is 515 g/mol. The molecule has 1 aliphatic heterocycles. The number of benzene rings is 3. The van der Waals surface area contributed by atoms with Gasteiger partial charge in [0.2, 0.25) is 5.95 Å². The Labute approximate surface area is 219 Å². The molecule has 194 valence electrons. The number of ether oxygens (including phenoxy) is 1. The molecule has 0 bridgehead atoms. The van der Waals surface area contributed by atoms with Crippen molar-refractivity contribution < 1.29 is 23.8 Å². The molecule has 0 spiro atoms. The Bertz CT molecular complexity index is 1560. The summed E-state index contributed by atoms with van der Waals surface area (Å²) in [7, 11) is 3.81. The fourth-order valence-corrected chi connectivity index (χ4v) is 4.51. The quantitative estimate of drug-likeness (QED) is 0.200. The number of carbonyl (C=O) groups is 2. The van der Waals surface area contributed by atoms with Crippen molar-refractivity contribution >= 4 is 40.1 Å². The number of imidazole rings is 1. The van der Waals surface area contributed by atoms with E-state index in [9.17, 15) is 19.1 Å². The predicted octanol–water partition coefficient (Wildman–Crippen LogP) is 5.18. The molecule has 9 heteroatoms. The molecule has 2 heterocycles. The van der Waals surface area contributed by atoms with Crippen LogP contribution in [0.3, 0.4) is 0 Å². The maximum atomic E-state index is 13.8. The van der Waals surface area contributed by atoms with Crippen LogP contribution in [-0.2, 0) is 9.59 Å². The summed E-state index contributed by atoms with van der Waals surface area (Å²) in [5, 5.41) is 11.4. The van der Waals surface area contributed by atoms with Crippen LogP contribution in [0.25, 0.3) is 16.8 Å². The third-order valence-corrected chi connectivity index (χ3v) is 6.41. The van der Waals surface area contributed by atoms with Crippen LogP contribution in [0.15, 0.2) is 72.3 Å². The second kappa shape index (κ2) is 10.0. The zero-order valence-corrected chi connectivity index (χ0v) is 21.2. The van der Waals surface area contributed by atoms with Crippen molar-refractivity contribution in [2.24, 2.45) is 0 Å². The molecule has 3 aromatic carbocycles. The number of hydrogen-bond donors (Lipinski definition) is 2. The van der Waals surface area contributed by atoms with Crippen molar-refractivity contribution in [2.75, 3.05) is 30.5 Å². The molecular formula is C29H27FN4O4. The first-order valence-corrected chi connectivity index (χ1v) is 12.2. The minimum Gasteiger partial charge on any atom is -0.507 e. The van der Waals surface area contributed by atoms with E-state index < -0.39 is 23.5 Å². The highest BCUT2D eigenvalue weighted by molar-refractivity contribution is 6.51. The number of nitrogens with zero attached hydrogens (tertiary/aromatic N) is 3. The van der Waals surface area contributed by atoms with Gasteiger partial charge in [0.1, 0.15) is 17.3 Å². The second-order valence-corrected chi connectivity index (χ2v) is 9.25. The van der Waals surface area contributed by atoms with Gasteiger partial charge in [0.25, 0.3) is 5.78 Å². The first kappa shape index (κ1) is 25.0. The summed E-state index contributed by atoms with van der Waals surface area (Å²) in [5.74, 6) is -1.88. The molecule has 1 atom stereocenters. The lowest BCUT2D eigenvalue weighted by Gasteiger charge is -2.24. The number of fused-ring (bicyclic) bond motifs is 1. The Kier molecular flexibility index (Phi) is 6.59. The minimum atomic E-state index is -0.975. The second-order valence-electron chi connectivity index (χ2n) is 9.25. The lowest BCUT2D eigenvalue weighted by molar-refractivity contribution is -0.132. The Morgan fingerprint density at radius 3 is 2.58 bits per heavy atom. The van der Waals surface area contributed by atoms with Crippen molar-refractivity contribution in [2.45, 2.75) is 19.4 Å². The SMILES string of the molecule is CCCOc1cccc(/C(O)=C2\C(=O)C(=O)N(c3nc4ccc(F)cc4[nH]3)C2c2ccc(N(C)C)cc2)c1. The third kappa shape index (κ3) is 4.47. The van der Waals surface area contributed by atoms with Crippen molar-refractivity contribution in [3.63, 3.8) is 0 Å². The van der Waals surface area contributed by atoms with Crippen molar-refractivity contribution in [1.29, 1.82) is 0 Å². The van der Waals surface area contributed by atoms with Crippen LogP contribution in [-0.4, -0.2) is 47.5 Å². The van der Waals surface area contributed by atoms with Crippen LogP contribution < -0.4 is 14.5 Å². The number of amides is 1. The van der Waals surface area contributed by atoms with Gasteiger partial charge in [-0.05, 0) is 54.4 Å². The molecule has 8 nitrogen and oxygen atoms in total. The van der Waals surface area contributed by atoms with Gasteiger partial charge < -0.3 is 19.7 Å². The van der Waals surface area contributed by atoms with Gasteiger partial charge in [-0.2, -0.15) is 0 Å². The first-order chi connectivity index (χ1) is 18.3. The van der Waals surface area contributed by atoms with E-state index in [1.54, 1.807) is 36.4 Å². The van der Waals surface area contributed by atoms with Gasteiger partial charge in [-0.25, -0.2) is 9.37 Å². The number of halogens is 1. The molecule has 0 aliphatic carbocycles. The maximum Gasteiger partial charge on any atom is 0.302 e. The van der Waals surface area contributed by atoms with E-state index in [-0.39, 0.29) is 17.3 Å². The number of ketones is 1. The van der Waals surface area contributed by atoms with E-state index >= 15 is 0 Å². The van der Waals surface area contributed by atoms with E-state index in [0.29, 0.717) is 34.5 Å². The van der Waals surface area contributed by atoms with Crippen LogP contribution in [0, 0.1) is 5.82 Å². The number of H-pyrrole nitrogens is 1. The number of nitrogens with one attached hydrogen (secondary N) is 1. The van der Waals surface area contributed by atoms with Gasteiger partial charge in [-0.15, -0.1) is 0 Å². The molecule has 1 unspecified atom stereocenters. The topological polar surface area (TPSA) is 98.8 Å². The van der Waals surface area contributed by atoms with E-state index in [4.69, 9.17) is 4.74 Å². The first-order valence-electron chi connectivity index (χ1n) is 12.2. The fourth-order valence-electron chi connectivity index (χ4n) is 4.51. The molecule has 0 saturated carbocycles. The van der Waals surface area contributed by atoms with Gasteiger partial charge in [0, 0.05) is 25.3 Å². The molecule has 1 amide bonds. The van der Waals surface area contributed by atoms with E-state index in [2.05, 4.69) is 9.97 Å². The Hall–Kier alpha value is -4.66. The fraction of sp³-hybridized carbons (Fsp3) is 0.207. The molecular weight excluding hydrogens is 487 g/mol. The lowest BCUT2D eigenvalue weighted by atomic mass is 9.95. The summed E-state index contributed by atoms with van der Waals surface area (Å²) >= 11 is 0. The van der Waals surface area contributed by atoms with Crippen LogP contribution in [0.5, 0.6) is 5.75 Å². The summed E-state index contributed by atoms with van der Waals surface area (Å²) in [5.41, 5.74) is 2.60. The smallest absolute Gasteiger partial charge is 0.302 e. The summed E-state index contributed by atoms with van der Waals surface area (Å²) < 4.78 is 19.5. The Morgan fingerprint density at radius 2 is 1.87 bits per heavy atom. The lowest BCUT2D eigenvalue weighted by Crippen LogP contribution is -2.30. The van der Waals surface area contributed by atoms with E-state index in [1.165, 1.54) is 23.1 Å².